The largest absolute Gasteiger partial charge is 0.496 e. The Bertz CT molecular complexity index is 662. The van der Waals surface area contributed by atoms with Crippen molar-refractivity contribution in [3.8, 4) is 5.75 Å². The van der Waals surface area contributed by atoms with Gasteiger partial charge in [-0.2, -0.15) is 0 Å². The van der Waals surface area contributed by atoms with Crippen LogP contribution in [0.5, 0.6) is 5.75 Å². The number of pyridine rings is 1. The maximum Gasteiger partial charge on any atom is 0.260 e. The highest BCUT2D eigenvalue weighted by Crippen LogP contribution is 2.24. The average molecular weight is 403 g/mol. The lowest BCUT2D eigenvalue weighted by atomic mass is 10.2. The second-order valence-electron chi connectivity index (χ2n) is 4.12. The Hall–Kier alpha value is -1.34. The van der Waals surface area contributed by atoms with Crippen LogP contribution in [0.2, 0.25) is 5.02 Å². The molecular formula is C14H12ClIN2O2. The van der Waals surface area contributed by atoms with E-state index in [1.165, 1.54) is 7.11 Å². The van der Waals surface area contributed by atoms with Gasteiger partial charge in [0, 0.05) is 14.8 Å². The molecule has 0 bridgehead atoms. The molecule has 6 heteroatoms. The van der Waals surface area contributed by atoms with Crippen LogP contribution in [-0.2, 0) is 0 Å². The monoisotopic (exact) mass is 402 g/mol. The summed E-state index contributed by atoms with van der Waals surface area (Å²) in [6.45, 7) is 1.89. The molecule has 4 nitrogen and oxygen atoms in total. The molecule has 1 heterocycles. The number of hydrogen-bond donors (Lipinski definition) is 1. The molecule has 0 spiro atoms. The first kappa shape index (κ1) is 15.1. The first-order valence-electron chi connectivity index (χ1n) is 5.78. The van der Waals surface area contributed by atoms with Crippen LogP contribution in [0, 0.1) is 10.5 Å². The number of methoxy groups -OCH3 is 1. The van der Waals surface area contributed by atoms with Gasteiger partial charge in [0.1, 0.15) is 11.6 Å². The number of ether oxygens (including phenoxy) is 1. The Balaban J connectivity index is 2.30. The summed E-state index contributed by atoms with van der Waals surface area (Å²) in [4.78, 5) is 16.5. The number of aryl methyl sites for hydroxylation is 1. The summed E-state index contributed by atoms with van der Waals surface area (Å²) in [5, 5.41) is 3.24. The summed E-state index contributed by atoms with van der Waals surface area (Å²) < 4.78 is 6.18. The second kappa shape index (κ2) is 6.41. The van der Waals surface area contributed by atoms with Gasteiger partial charge < -0.3 is 10.1 Å². The number of amides is 1. The third-order valence-electron chi connectivity index (χ3n) is 2.68. The standard InChI is InChI=1S/C14H12ClIN2O2/c1-8-5-10(16)7-17-13(8)18-14(19)11-6-9(15)3-4-12(11)20-2/h3-7H,1-2H3,(H,17,18,19). The van der Waals surface area contributed by atoms with Crippen LogP contribution in [0.1, 0.15) is 15.9 Å². The molecule has 2 aromatic rings. The van der Waals surface area contributed by atoms with Crippen molar-refractivity contribution in [2.24, 2.45) is 0 Å². The summed E-state index contributed by atoms with van der Waals surface area (Å²) in [5.74, 6) is 0.689. The average Bonchev–Trinajstić information content (AvgIpc) is 2.41. The van der Waals surface area contributed by atoms with Crippen molar-refractivity contribution in [1.82, 2.24) is 4.98 Å². The minimum Gasteiger partial charge on any atom is -0.496 e. The van der Waals surface area contributed by atoms with Gasteiger partial charge in [0.25, 0.3) is 5.91 Å². The number of carbonyl (C=O) groups is 1. The number of nitrogens with zero attached hydrogens (tertiary/aromatic N) is 1. The van der Waals surface area contributed by atoms with Gasteiger partial charge in [-0.1, -0.05) is 11.6 Å². The number of hydrogen-bond acceptors (Lipinski definition) is 3. The Morgan fingerprint density at radius 1 is 1.40 bits per heavy atom. The Labute approximate surface area is 135 Å². The van der Waals surface area contributed by atoms with Crippen molar-refractivity contribution in [2.45, 2.75) is 6.92 Å². The predicted octanol–water partition coefficient (Wildman–Crippen LogP) is 3.91. The van der Waals surface area contributed by atoms with E-state index in [0.29, 0.717) is 22.2 Å². The third kappa shape index (κ3) is 3.40. The number of carbonyl (C=O) groups excluding carboxylic acids is 1. The normalized spacial score (nSPS) is 10.2. The smallest absolute Gasteiger partial charge is 0.260 e. The summed E-state index contributed by atoms with van der Waals surface area (Å²) >= 11 is 8.09. The van der Waals surface area contributed by atoms with E-state index in [2.05, 4.69) is 32.9 Å². The molecule has 20 heavy (non-hydrogen) atoms. The highest BCUT2D eigenvalue weighted by molar-refractivity contribution is 14.1. The van der Waals surface area contributed by atoms with E-state index in [0.717, 1.165) is 9.13 Å². The van der Waals surface area contributed by atoms with E-state index < -0.39 is 0 Å². The highest BCUT2D eigenvalue weighted by Gasteiger charge is 2.14. The van der Waals surface area contributed by atoms with E-state index in [1.807, 2.05) is 13.0 Å². The number of halogens is 2. The van der Waals surface area contributed by atoms with E-state index >= 15 is 0 Å². The summed E-state index contributed by atoms with van der Waals surface area (Å²) in [6, 6.07) is 6.84. The molecule has 1 aromatic heterocycles. The third-order valence-corrected chi connectivity index (χ3v) is 3.51. The summed E-state index contributed by atoms with van der Waals surface area (Å²) in [5.41, 5.74) is 1.27. The molecule has 104 valence electrons. The molecule has 0 atom stereocenters. The predicted molar refractivity (Wildman–Crippen MR) is 87.6 cm³/mol. The molecule has 1 N–H and O–H groups in total. The van der Waals surface area contributed by atoms with Crippen LogP contribution in [0.15, 0.2) is 30.5 Å². The minimum atomic E-state index is -0.304. The van der Waals surface area contributed by atoms with E-state index in [-0.39, 0.29) is 5.91 Å². The van der Waals surface area contributed by atoms with Gasteiger partial charge in [-0.25, -0.2) is 4.98 Å². The highest BCUT2D eigenvalue weighted by atomic mass is 127. The zero-order valence-electron chi connectivity index (χ0n) is 10.9. The van der Waals surface area contributed by atoms with Gasteiger partial charge in [0.2, 0.25) is 0 Å². The fraction of sp³-hybridized carbons (Fsp3) is 0.143. The first-order chi connectivity index (χ1) is 9.51. The Morgan fingerprint density at radius 3 is 2.80 bits per heavy atom. The van der Waals surface area contributed by atoms with Crippen molar-refractivity contribution in [3.05, 3.63) is 50.2 Å². The van der Waals surface area contributed by atoms with Crippen LogP contribution < -0.4 is 10.1 Å². The number of anilines is 1. The van der Waals surface area contributed by atoms with Crippen molar-refractivity contribution >= 4 is 45.9 Å². The van der Waals surface area contributed by atoms with Crippen LogP contribution in [0.4, 0.5) is 5.82 Å². The molecule has 0 radical (unpaired) electrons. The number of benzene rings is 1. The van der Waals surface area contributed by atoms with Gasteiger partial charge in [-0.05, 0) is 59.3 Å². The molecular weight excluding hydrogens is 391 g/mol. The lowest BCUT2D eigenvalue weighted by Crippen LogP contribution is -2.15. The quantitative estimate of drug-likeness (QED) is 0.792. The van der Waals surface area contributed by atoms with Crippen molar-refractivity contribution < 1.29 is 9.53 Å². The van der Waals surface area contributed by atoms with Crippen molar-refractivity contribution in [1.29, 1.82) is 0 Å². The number of rotatable bonds is 3. The molecule has 2 rings (SSSR count). The topological polar surface area (TPSA) is 51.2 Å². The van der Waals surface area contributed by atoms with Crippen molar-refractivity contribution in [3.63, 3.8) is 0 Å². The Kier molecular flexibility index (Phi) is 4.82. The molecule has 0 fully saturated rings. The van der Waals surface area contributed by atoms with E-state index in [9.17, 15) is 4.79 Å². The lowest BCUT2D eigenvalue weighted by Gasteiger charge is -2.10. The zero-order chi connectivity index (χ0) is 14.7. The molecule has 0 aliphatic heterocycles. The van der Waals surface area contributed by atoms with Crippen molar-refractivity contribution in [2.75, 3.05) is 12.4 Å². The molecule has 0 aliphatic carbocycles. The lowest BCUT2D eigenvalue weighted by molar-refractivity contribution is 0.102. The number of aromatic nitrogens is 1. The minimum absolute atomic E-state index is 0.304. The Morgan fingerprint density at radius 2 is 2.15 bits per heavy atom. The maximum absolute atomic E-state index is 12.3. The molecule has 0 saturated heterocycles. The van der Waals surface area contributed by atoms with Crippen LogP contribution in [0.25, 0.3) is 0 Å². The molecule has 0 unspecified atom stereocenters. The molecule has 1 amide bonds. The van der Waals surface area contributed by atoms with Crippen LogP contribution >= 0.6 is 34.2 Å². The van der Waals surface area contributed by atoms with Gasteiger partial charge in [0.15, 0.2) is 0 Å². The molecule has 0 saturated carbocycles. The van der Waals surface area contributed by atoms with E-state index in [1.54, 1.807) is 24.4 Å². The fourth-order valence-electron chi connectivity index (χ4n) is 1.70. The fourth-order valence-corrected chi connectivity index (χ4v) is 2.48. The molecule has 0 aliphatic rings. The molecule has 1 aromatic carbocycles. The van der Waals surface area contributed by atoms with Gasteiger partial charge in [0.05, 0.1) is 12.7 Å². The summed E-state index contributed by atoms with van der Waals surface area (Å²) in [7, 11) is 1.51. The first-order valence-corrected chi connectivity index (χ1v) is 7.24. The number of nitrogens with one attached hydrogen (secondary N) is 1. The summed E-state index contributed by atoms with van der Waals surface area (Å²) in [6.07, 6.45) is 1.69. The SMILES string of the molecule is COc1ccc(Cl)cc1C(=O)Nc1ncc(I)cc1C. The van der Waals surface area contributed by atoms with Crippen LogP contribution in [0.3, 0.4) is 0 Å². The maximum atomic E-state index is 12.3. The van der Waals surface area contributed by atoms with Gasteiger partial charge in [-0.15, -0.1) is 0 Å². The van der Waals surface area contributed by atoms with Gasteiger partial charge >= 0.3 is 0 Å². The second-order valence-corrected chi connectivity index (χ2v) is 5.80. The van der Waals surface area contributed by atoms with Crippen LogP contribution in [-0.4, -0.2) is 18.0 Å². The van der Waals surface area contributed by atoms with E-state index in [4.69, 9.17) is 16.3 Å². The van der Waals surface area contributed by atoms with Gasteiger partial charge in [-0.3, -0.25) is 4.79 Å². The zero-order valence-corrected chi connectivity index (χ0v) is 13.8.